The largest absolute Gasteiger partial charge is 0.493 e. The van der Waals surface area contributed by atoms with Crippen molar-refractivity contribution in [2.45, 2.75) is 19.9 Å². The molecular weight excluding hydrogens is 152 g/mol. The van der Waals surface area contributed by atoms with Crippen LogP contribution < -0.4 is 10.1 Å². The Morgan fingerprint density at radius 2 is 2.25 bits per heavy atom. The zero-order valence-electron chi connectivity index (χ0n) is 7.66. The van der Waals surface area contributed by atoms with E-state index in [0.717, 1.165) is 11.6 Å². The molecule has 0 unspecified atom stereocenters. The van der Waals surface area contributed by atoms with Crippen molar-refractivity contribution in [3.8, 4) is 5.75 Å². The maximum Gasteiger partial charge on any atom is 0.168 e. The summed E-state index contributed by atoms with van der Waals surface area (Å²) in [6.07, 6.45) is 1.74. The average Bonchev–Trinajstić information content (AvgIpc) is 2.04. The number of anilines is 1. The summed E-state index contributed by atoms with van der Waals surface area (Å²) in [6, 6.07) is 4.11. The van der Waals surface area contributed by atoms with Gasteiger partial charge in [-0.2, -0.15) is 0 Å². The molecule has 1 aromatic heterocycles. The number of pyridine rings is 1. The van der Waals surface area contributed by atoms with Crippen molar-refractivity contribution in [1.29, 1.82) is 0 Å². The highest BCUT2D eigenvalue weighted by molar-refractivity contribution is 5.49. The molecule has 0 radical (unpaired) electrons. The molecule has 3 nitrogen and oxygen atoms in total. The van der Waals surface area contributed by atoms with E-state index in [2.05, 4.69) is 24.1 Å². The summed E-state index contributed by atoms with van der Waals surface area (Å²) in [6.45, 7) is 4.13. The fraction of sp³-hybridized carbons (Fsp3) is 0.444. The first-order valence-electron chi connectivity index (χ1n) is 3.99. The Morgan fingerprint density at radius 3 is 2.83 bits per heavy atom. The molecule has 0 atom stereocenters. The zero-order valence-corrected chi connectivity index (χ0v) is 7.66. The van der Waals surface area contributed by atoms with Crippen molar-refractivity contribution in [2.24, 2.45) is 0 Å². The van der Waals surface area contributed by atoms with E-state index < -0.39 is 0 Å². The van der Waals surface area contributed by atoms with Gasteiger partial charge in [-0.3, -0.25) is 0 Å². The van der Waals surface area contributed by atoms with Gasteiger partial charge in [0.1, 0.15) is 0 Å². The highest BCUT2D eigenvalue weighted by Crippen LogP contribution is 2.20. The Kier molecular flexibility index (Phi) is 2.91. The lowest BCUT2D eigenvalue weighted by molar-refractivity contribution is 0.414. The van der Waals surface area contributed by atoms with Crippen molar-refractivity contribution < 1.29 is 4.74 Å². The van der Waals surface area contributed by atoms with Gasteiger partial charge in [0.15, 0.2) is 11.6 Å². The van der Waals surface area contributed by atoms with E-state index in [9.17, 15) is 0 Å². The van der Waals surface area contributed by atoms with E-state index in [1.165, 1.54) is 0 Å². The van der Waals surface area contributed by atoms with E-state index in [1.54, 1.807) is 13.3 Å². The van der Waals surface area contributed by atoms with Crippen LogP contribution in [0.5, 0.6) is 5.75 Å². The normalized spacial score (nSPS) is 10.0. The maximum atomic E-state index is 5.12. The number of hydrogen-bond acceptors (Lipinski definition) is 3. The van der Waals surface area contributed by atoms with Crippen LogP contribution in [0.3, 0.4) is 0 Å². The first kappa shape index (κ1) is 8.84. The van der Waals surface area contributed by atoms with E-state index in [-0.39, 0.29) is 0 Å². The van der Waals surface area contributed by atoms with Gasteiger partial charge >= 0.3 is 0 Å². The highest BCUT2D eigenvalue weighted by atomic mass is 16.5. The Balaban J connectivity index is 2.82. The molecule has 0 aromatic carbocycles. The number of rotatable bonds is 3. The molecule has 0 aliphatic heterocycles. The molecule has 1 aromatic rings. The van der Waals surface area contributed by atoms with Gasteiger partial charge in [0.2, 0.25) is 0 Å². The quantitative estimate of drug-likeness (QED) is 0.744. The van der Waals surface area contributed by atoms with Crippen molar-refractivity contribution >= 4 is 5.82 Å². The highest BCUT2D eigenvalue weighted by Gasteiger charge is 2.02. The molecule has 3 heteroatoms. The van der Waals surface area contributed by atoms with Crippen LogP contribution >= 0.6 is 0 Å². The summed E-state index contributed by atoms with van der Waals surface area (Å²) in [5.74, 6) is 1.58. The summed E-state index contributed by atoms with van der Waals surface area (Å²) in [5.41, 5.74) is 0. The fourth-order valence-electron chi connectivity index (χ4n) is 0.937. The van der Waals surface area contributed by atoms with Crippen molar-refractivity contribution in [3.05, 3.63) is 18.3 Å². The van der Waals surface area contributed by atoms with Gasteiger partial charge in [-0.1, -0.05) is 0 Å². The number of hydrogen-bond donors (Lipinski definition) is 1. The van der Waals surface area contributed by atoms with Crippen LogP contribution in [0.4, 0.5) is 5.82 Å². The maximum absolute atomic E-state index is 5.12. The third kappa shape index (κ3) is 2.12. The van der Waals surface area contributed by atoms with Crippen LogP contribution in [0.1, 0.15) is 13.8 Å². The summed E-state index contributed by atoms with van der Waals surface area (Å²) in [4.78, 5) is 4.15. The first-order chi connectivity index (χ1) is 5.74. The monoisotopic (exact) mass is 166 g/mol. The fourth-order valence-corrected chi connectivity index (χ4v) is 0.937. The van der Waals surface area contributed by atoms with Crippen molar-refractivity contribution in [3.63, 3.8) is 0 Å². The second kappa shape index (κ2) is 3.95. The van der Waals surface area contributed by atoms with Gasteiger partial charge in [-0.15, -0.1) is 0 Å². The Labute approximate surface area is 72.8 Å². The SMILES string of the molecule is COc1cccnc1NC(C)C. The molecule has 0 aliphatic rings. The van der Waals surface area contributed by atoms with Gasteiger partial charge in [-0.25, -0.2) is 4.98 Å². The summed E-state index contributed by atoms with van der Waals surface area (Å²) >= 11 is 0. The minimum atomic E-state index is 0.369. The summed E-state index contributed by atoms with van der Waals surface area (Å²) in [5, 5.41) is 3.19. The third-order valence-corrected chi connectivity index (χ3v) is 1.42. The van der Waals surface area contributed by atoms with Crippen molar-refractivity contribution in [2.75, 3.05) is 12.4 Å². The molecule has 1 heterocycles. The summed E-state index contributed by atoms with van der Waals surface area (Å²) < 4.78 is 5.12. The van der Waals surface area contributed by atoms with E-state index in [0.29, 0.717) is 6.04 Å². The molecule has 0 fully saturated rings. The lowest BCUT2D eigenvalue weighted by atomic mass is 10.3. The Bertz CT molecular complexity index is 248. The molecule has 0 spiro atoms. The van der Waals surface area contributed by atoms with Crippen LogP contribution in [0.15, 0.2) is 18.3 Å². The molecule has 0 saturated heterocycles. The minimum absolute atomic E-state index is 0.369. The standard InChI is InChI=1S/C9H14N2O/c1-7(2)11-9-8(12-3)5-4-6-10-9/h4-7H,1-3H3,(H,10,11). The second-order valence-electron chi connectivity index (χ2n) is 2.85. The molecule has 0 aliphatic carbocycles. The smallest absolute Gasteiger partial charge is 0.168 e. The Hall–Kier alpha value is -1.25. The Morgan fingerprint density at radius 1 is 1.50 bits per heavy atom. The van der Waals surface area contributed by atoms with E-state index in [1.807, 2.05) is 12.1 Å². The topological polar surface area (TPSA) is 34.1 Å². The molecule has 66 valence electrons. The van der Waals surface area contributed by atoms with Gasteiger partial charge in [-0.05, 0) is 26.0 Å². The van der Waals surface area contributed by atoms with E-state index in [4.69, 9.17) is 4.74 Å². The molecule has 0 saturated carbocycles. The number of methoxy groups -OCH3 is 1. The molecule has 0 bridgehead atoms. The van der Waals surface area contributed by atoms with Crippen LogP contribution in [-0.4, -0.2) is 18.1 Å². The molecular formula is C9H14N2O. The lowest BCUT2D eigenvalue weighted by Gasteiger charge is -2.11. The van der Waals surface area contributed by atoms with Crippen LogP contribution in [0, 0.1) is 0 Å². The van der Waals surface area contributed by atoms with Gasteiger partial charge in [0.05, 0.1) is 7.11 Å². The van der Waals surface area contributed by atoms with E-state index >= 15 is 0 Å². The van der Waals surface area contributed by atoms with Crippen LogP contribution in [0.2, 0.25) is 0 Å². The van der Waals surface area contributed by atoms with Gasteiger partial charge in [0.25, 0.3) is 0 Å². The third-order valence-electron chi connectivity index (χ3n) is 1.42. The molecule has 1 rings (SSSR count). The number of nitrogens with zero attached hydrogens (tertiary/aromatic N) is 1. The average molecular weight is 166 g/mol. The first-order valence-corrected chi connectivity index (χ1v) is 3.99. The zero-order chi connectivity index (χ0) is 8.97. The lowest BCUT2D eigenvalue weighted by Crippen LogP contribution is -2.11. The van der Waals surface area contributed by atoms with Crippen LogP contribution in [0.25, 0.3) is 0 Å². The molecule has 0 amide bonds. The number of nitrogens with one attached hydrogen (secondary N) is 1. The number of ether oxygens (including phenoxy) is 1. The second-order valence-corrected chi connectivity index (χ2v) is 2.85. The van der Waals surface area contributed by atoms with Crippen molar-refractivity contribution in [1.82, 2.24) is 4.98 Å². The molecule has 1 N–H and O–H groups in total. The predicted molar refractivity (Wildman–Crippen MR) is 49.5 cm³/mol. The van der Waals surface area contributed by atoms with Crippen LogP contribution in [-0.2, 0) is 0 Å². The minimum Gasteiger partial charge on any atom is -0.493 e. The van der Waals surface area contributed by atoms with Gasteiger partial charge in [0, 0.05) is 12.2 Å². The van der Waals surface area contributed by atoms with Gasteiger partial charge < -0.3 is 10.1 Å². The predicted octanol–water partition coefficient (Wildman–Crippen LogP) is 1.91. The molecule has 12 heavy (non-hydrogen) atoms. The summed E-state index contributed by atoms with van der Waals surface area (Å²) in [7, 11) is 1.64. The number of aromatic nitrogens is 1.